The molecule has 2 rings (SSSR count). The molecule has 0 aliphatic rings. The molecule has 0 saturated heterocycles. The lowest BCUT2D eigenvalue weighted by molar-refractivity contribution is -0.105. The summed E-state index contributed by atoms with van der Waals surface area (Å²) in [6.45, 7) is 0. The van der Waals surface area contributed by atoms with Gasteiger partial charge in [0.05, 0.1) is 11.4 Å². The molecule has 0 bridgehead atoms. The molecule has 0 heterocycles. The van der Waals surface area contributed by atoms with Crippen LogP contribution >= 0.6 is 0 Å². The molecule has 0 saturated carbocycles. The number of carbonyl (C=O) groups is 1. The summed E-state index contributed by atoms with van der Waals surface area (Å²) in [5.41, 5.74) is 6.60. The molecule has 18 heavy (non-hydrogen) atoms. The van der Waals surface area contributed by atoms with Gasteiger partial charge in [0.1, 0.15) is 0 Å². The van der Waals surface area contributed by atoms with Crippen LogP contribution in [0.4, 0.5) is 11.4 Å². The van der Waals surface area contributed by atoms with Crippen molar-refractivity contribution in [2.24, 2.45) is 0 Å². The van der Waals surface area contributed by atoms with Crippen LogP contribution in [-0.4, -0.2) is 11.0 Å². The van der Waals surface area contributed by atoms with E-state index in [1.165, 1.54) is 0 Å². The van der Waals surface area contributed by atoms with Gasteiger partial charge in [0.15, 0.2) is 9.79 Å². The van der Waals surface area contributed by atoms with Gasteiger partial charge < -0.3 is 15.6 Å². The van der Waals surface area contributed by atoms with Crippen LogP contribution in [-0.2, 0) is 16.0 Å². The molecule has 0 radical (unpaired) electrons. The number of nitrogens with two attached hydrogens (primary N) is 1. The van der Waals surface area contributed by atoms with Crippen molar-refractivity contribution in [3.8, 4) is 0 Å². The highest BCUT2D eigenvalue weighted by molar-refractivity contribution is 7.91. The quantitative estimate of drug-likeness (QED) is 0.501. The molecule has 2 aromatic rings. The number of benzene rings is 2. The highest BCUT2D eigenvalue weighted by atomic mass is 32.2. The van der Waals surface area contributed by atoms with Crippen molar-refractivity contribution in [1.29, 1.82) is 0 Å². The molecule has 0 aliphatic carbocycles. The fourth-order valence-corrected chi connectivity index (χ4v) is 2.61. The Bertz CT molecular complexity index is 546. The van der Waals surface area contributed by atoms with E-state index in [1.807, 2.05) is 18.2 Å². The molecule has 1 unspecified atom stereocenters. The monoisotopic (exact) mass is 260 g/mol. The summed E-state index contributed by atoms with van der Waals surface area (Å²) in [7, 11) is 0. The topological polar surface area (TPSA) is 78.2 Å². The van der Waals surface area contributed by atoms with Crippen molar-refractivity contribution < 1.29 is 9.35 Å². The average molecular weight is 260 g/mol. The zero-order chi connectivity index (χ0) is 13.0. The van der Waals surface area contributed by atoms with Crippen LogP contribution in [0.3, 0.4) is 0 Å². The number of hydrogen-bond acceptors (Lipinski definition) is 3. The van der Waals surface area contributed by atoms with E-state index < -0.39 is 11.2 Å². The predicted molar refractivity (Wildman–Crippen MR) is 71.7 cm³/mol. The number of nitrogen functional groups attached to an aromatic ring is 1. The second kappa shape index (κ2) is 5.57. The van der Waals surface area contributed by atoms with Crippen LogP contribution in [0.1, 0.15) is 0 Å². The van der Waals surface area contributed by atoms with Crippen molar-refractivity contribution in [2.75, 3.05) is 11.1 Å². The third kappa shape index (κ3) is 2.64. The summed E-state index contributed by atoms with van der Waals surface area (Å²) in [5, 5.41) is 2.48. The van der Waals surface area contributed by atoms with Crippen molar-refractivity contribution in [3.05, 3.63) is 48.5 Å². The van der Waals surface area contributed by atoms with Gasteiger partial charge in [-0.05, 0) is 24.3 Å². The van der Waals surface area contributed by atoms with E-state index in [1.54, 1.807) is 30.3 Å². The Labute approximate surface area is 108 Å². The first-order valence-electron chi connectivity index (χ1n) is 5.29. The largest absolute Gasteiger partial charge is 0.606 e. The fourth-order valence-electron chi connectivity index (χ4n) is 1.52. The minimum absolute atomic E-state index is 0.441. The molecule has 2 aromatic carbocycles. The zero-order valence-electron chi connectivity index (χ0n) is 9.50. The van der Waals surface area contributed by atoms with Gasteiger partial charge in [-0.25, -0.2) is 0 Å². The van der Waals surface area contributed by atoms with Gasteiger partial charge in [-0.1, -0.05) is 18.2 Å². The van der Waals surface area contributed by atoms with Crippen LogP contribution in [0.5, 0.6) is 0 Å². The first-order chi connectivity index (χ1) is 8.72. The summed E-state index contributed by atoms with van der Waals surface area (Å²) in [6.07, 6.45) is 0.543. The maximum absolute atomic E-state index is 12.3. The molecule has 5 heteroatoms. The van der Waals surface area contributed by atoms with Crippen LogP contribution in [0.25, 0.3) is 0 Å². The van der Waals surface area contributed by atoms with E-state index in [0.717, 1.165) is 0 Å². The van der Waals surface area contributed by atoms with Gasteiger partial charge in [-0.15, -0.1) is 0 Å². The molecule has 0 fully saturated rings. The lowest BCUT2D eigenvalue weighted by Gasteiger charge is -2.11. The number of rotatable bonds is 4. The number of nitrogens with one attached hydrogen (secondary N) is 1. The number of anilines is 2. The molecule has 0 aromatic heterocycles. The first kappa shape index (κ1) is 12.5. The lowest BCUT2D eigenvalue weighted by Crippen LogP contribution is -2.05. The van der Waals surface area contributed by atoms with Crippen LogP contribution < -0.4 is 11.1 Å². The van der Waals surface area contributed by atoms with Gasteiger partial charge >= 0.3 is 0 Å². The van der Waals surface area contributed by atoms with E-state index in [9.17, 15) is 9.35 Å². The fraction of sp³-hybridized carbons (Fsp3) is 0. The molecule has 3 N–H and O–H groups in total. The Balaban J connectivity index is 2.33. The number of amides is 1. The lowest BCUT2D eigenvalue weighted by atomic mass is 10.3. The van der Waals surface area contributed by atoms with Gasteiger partial charge in [-0.2, -0.15) is 0 Å². The van der Waals surface area contributed by atoms with Gasteiger partial charge in [0.25, 0.3) is 0 Å². The maximum Gasteiger partial charge on any atom is 0.211 e. The van der Waals surface area contributed by atoms with Crippen LogP contribution in [0.2, 0.25) is 0 Å². The highest BCUT2D eigenvalue weighted by Gasteiger charge is 2.15. The van der Waals surface area contributed by atoms with Gasteiger partial charge in [0, 0.05) is 17.2 Å². The molecule has 1 atom stereocenters. The third-order valence-electron chi connectivity index (χ3n) is 2.41. The molecule has 0 spiro atoms. The van der Waals surface area contributed by atoms with Crippen molar-refractivity contribution in [1.82, 2.24) is 0 Å². The molecule has 4 nitrogen and oxygen atoms in total. The Morgan fingerprint density at radius 3 is 2.50 bits per heavy atom. The van der Waals surface area contributed by atoms with Crippen molar-refractivity contribution in [3.63, 3.8) is 0 Å². The Morgan fingerprint density at radius 1 is 1.11 bits per heavy atom. The first-order valence-corrected chi connectivity index (χ1v) is 6.44. The van der Waals surface area contributed by atoms with Crippen molar-refractivity contribution in [2.45, 2.75) is 9.79 Å². The van der Waals surface area contributed by atoms with E-state index in [2.05, 4.69) is 5.32 Å². The Hall–Kier alpha value is -1.98. The van der Waals surface area contributed by atoms with E-state index in [-0.39, 0.29) is 0 Å². The Kier molecular flexibility index (Phi) is 3.86. The van der Waals surface area contributed by atoms with Crippen LogP contribution in [0.15, 0.2) is 58.3 Å². The third-order valence-corrected chi connectivity index (χ3v) is 3.79. The van der Waals surface area contributed by atoms with E-state index >= 15 is 0 Å². The van der Waals surface area contributed by atoms with Crippen molar-refractivity contribution >= 4 is 29.0 Å². The minimum atomic E-state index is -1.28. The summed E-state index contributed by atoms with van der Waals surface area (Å²) in [6, 6.07) is 14.0. The standard InChI is InChI=1S/C13H12N2O2S/c14-12-7-6-11(8-13(12)15-9-16)18(17)10-4-2-1-3-5-10/h1-9H,14H2,(H,15,16). The van der Waals surface area contributed by atoms with Gasteiger partial charge in [0.2, 0.25) is 6.41 Å². The summed E-state index contributed by atoms with van der Waals surface area (Å²) in [4.78, 5) is 11.7. The number of carbonyl (C=O) groups excluding carboxylic acids is 1. The highest BCUT2D eigenvalue weighted by Crippen LogP contribution is 2.26. The van der Waals surface area contributed by atoms with E-state index in [4.69, 9.17) is 5.73 Å². The van der Waals surface area contributed by atoms with Crippen LogP contribution in [0, 0.1) is 0 Å². The SMILES string of the molecule is Nc1ccc([S+]([O-])c2ccccc2)cc1NC=O. The summed E-state index contributed by atoms with van der Waals surface area (Å²) < 4.78 is 12.3. The molecular weight excluding hydrogens is 248 g/mol. The average Bonchev–Trinajstić information content (AvgIpc) is 2.42. The van der Waals surface area contributed by atoms with Gasteiger partial charge in [-0.3, -0.25) is 4.79 Å². The molecule has 92 valence electrons. The zero-order valence-corrected chi connectivity index (χ0v) is 10.3. The molecule has 1 amide bonds. The minimum Gasteiger partial charge on any atom is -0.606 e. The predicted octanol–water partition coefficient (Wildman–Crippen LogP) is 2.00. The van der Waals surface area contributed by atoms with E-state index in [0.29, 0.717) is 27.6 Å². The second-order valence-corrected chi connectivity index (χ2v) is 5.07. The molecular formula is C13H12N2O2S. The Morgan fingerprint density at radius 2 is 1.83 bits per heavy atom. The summed E-state index contributed by atoms with van der Waals surface area (Å²) in [5.74, 6) is 0. The maximum atomic E-state index is 12.3. The normalized spacial score (nSPS) is 11.8. The molecule has 0 aliphatic heterocycles. The number of hydrogen-bond donors (Lipinski definition) is 2. The second-order valence-electron chi connectivity index (χ2n) is 3.59. The summed E-state index contributed by atoms with van der Waals surface area (Å²) >= 11 is -1.28. The smallest absolute Gasteiger partial charge is 0.211 e.